The number of carbonyl (C=O) groups is 2. The molecule has 1 aliphatic rings. The molecule has 0 radical (unpaired) electrons. The molecular formula is C27H26N6O4S. The Balaban J connectivity index is 1.09. The van der Waals surface area contributed by atoms with E-state index in [1.54, 1.807) is 37.7 Å². The fourth-order valence-electron chi connectivity index (χ4n) is 4.07. The number of hydrogen-bond acceptors (Lipinski definition) is 9. The van der Waals surface area contributed by atoms with Gasteiger partial charge in [0.05, 0.1) is 12.9 Å². The number of benzene rings is 2. The Morgan fingerprint density at radius 1 is 1.00 bits per heavy atom. The summed E-state index contributed by atoms with van der Waals surface area (Å²) in [4.78, 5) is 33.3. The van der Waals surface area contributed by atoms with Gasteiger partial charge in [0.25, 0.3) is 11.1 Å². The smallest absolute Gasteiger partial charge is 0.277 e. The molecular weight excluding hydrogens is 504 g/mol. The van der Waals surface area contributed by atoms with Gasteiger partial charge < -0.3 is 24.3 Å². The number of amides is 2. The van der Waals surface area contributed by atoms with Gasteiger partial charge in [0.2, 0.25) is 11.8 Å². The van der Waals surface area contributed by atoms with Crippen LogP contribution in [0.4, 0.5) is 11.4 Å². The third-order valence-corrected chi connectivity index (χ3v) is 6.88. The average molecular weight is 531 g/mol. The van der Waals surface area contributed by atoms with Gasteiger partial charge in [-0.3, -0.25) is 14.6 Å². The van der Waals surface area contributed by atoms with Crippen molar-refractivity contribution in [2.75, 3.05) is 49.3 Å². The Labute approximate surface area is 224 Å². The second kappa shape index (κ2) is 11.8. The van der Waals surface area contributed by atoms with Crippen molar-refractivity contribution in [3.8, 4) is 17.2 Å². The lowest BCUT2D eigenvalue weighted by molar-refractivity contribution is -0.113. The second-order valence-electron chi connectivity index (χ2n) is 8.50. The summed E-state index contributed by atoms with van der Waals surface area (Å²) in [5.74, 6) is 1.04. The van der Waals surface area contributed by atoms with Crippen LogP contribution in [0.25, 0.3) is 11.5 Å². The quantitative estimate of drug-likeness (QED) is 0.340. The highest BCUT2D eigenvalue weighted by atomic mass is 32.2. The zero-order valence-electron chi connectivity index (χ0n) is 20.7. The van der Waals surface area contributed by atoms with E-state index in [-0.39, 0.29) is 17.6 Å². The number of rotatable bonds is 8. The number of pyridine rings is 1. The highest BCUT2D eigenvalue weighted by Crippen LogP contribution is 2.24. The van der Waals surface area contributed by atoms with Crippen LogP contribution in [0.15, 0.2) is 82.7 Å². The zero-order valence-corrected chi connectivity index (χ0v) is 21.6. The standard InChI is InChI=1S/C27H26N6O4S/c1-36-23-4-2-3-20(17-23)26(35)33-15-13-32(14-16-33)22-7-5-21(6-8-22)29-24(34)18-38-27-31-30-25(37-27)19-9-11-28-12-10-19/h2-12,17H,13-16,18H2,1H3,(H,29,34). The van der Waals surface area contributed by atoms with E-state index >= 15 is 0 Å². The lowest BCUT2D eigenvalue weighted by Crippen LogP contribution is -2.48. The number of ether oxygens (including phenoxy) is 1. The van der Waals surface area contributed by atoms with Crippen LogP contribution in [0.2, 0.25) is 0 Å². The van der Waals surface area contributed by atoms with E-state index in [4.69, 9.17) is 9.15 Å². The summed E-state index contributed by atoms with van der Waals surface area (Å²) in [6.07, 6.45) is 3.30. The molecule has 2 amide bonds. The summed E-state index contributed by atoms with van der Waals surface area (Å²) in [6.45, 7) is 2.71. The predicted octanol–water partition coefficient (Wildman–Crippen LogP) is 3.83. The lowest BCUT2D eigenvalue weighted by atomic mass is 10.1. The fraction of sp³-hybridized carbons (Fsp3) is 0.222. The molecule has 0 atom stereocenters. The maximum Gasteiger partial charge on any atom is 0.277 e. The number of thioether (sulfide) groups is 1. The first kappa shape index (κ1) is 25.3. The van der Waals surface area contributed by atoms with E-state index in [9.17, 15) is 9.59 Å². The Morgan fingerprint density at radius 2 is 1.76 bits per heavy atom. The maximum absolute atomic E-state index is 12.9. The van der Waals surface area contributed by atoms with E-state index in [1.807, 2.05) is 47.4 Å². The first-order valence-corrected chi connectivity index (χ1v) is 13.0. The van der Waals surface area contributed by atoms with Gasteiger partial charge in [0, 0.05) is 61.1 Å². The van der Waals surface area contributed by atoms with Crippen molar-refractivity contribution in [3.63, 3.8) is 0 Å². The van der Waals surface area contributed by atoms with Crippen LogP contribution in [0, 0.1) is 0 Å². The minimum atomic E-state index is -0.170. The van der Waals surface area contributed by atoms with Crippen LogP contribution >= 0.6 is 11.8 Å². The van der Waals surface area contributed by atoms with Crippen molar-refractivity contribution in [3.05, 3.63) is 78.6 Å². The van der Waals surface area contributed by atoms with Crippen molar-refractivity contribution in [2.24, 2.45) is 0 Å². The van der Waals surface area contributed by atoms with Crippen LogP contribution in [0.5, 0.6) is 5.75 Å². The summed E-state index contributed by atoms with van der Waals surface area (Å²) in [7, 11) is 1.59. The number of aromatic nitrogens is 3. The molecule has 1 aliphatic heterocycles. The van der Waals surface area contributed by atoms with Crippen LogP contribution in [0.1, 0.15) is 10.4 Å². The minimum Gasteiger partial charge on any atom is -0.497 e. The molecule has 0 bridgehead atoms. The maximum atomic E-state index is 12.9. The van der Waals surface area contributed by atoms with Gasteiger partial charge in [0.15, 0.2) is 0 Å². The van der Waals surface area contributed by atoms with Gasteiger partial charge in [-0.05, 0) is 54.6 Å². The molecule has 0 aliphatic carbocycles. The summed E-state index contributed by atoms with van der Waals surface area (Å²) in [6, 6.07) is 18.5. The number of nitrogens with one attached hydrogen (secondary N) is 1. The van der Waals surface area contributed by atoms with E-state index in [0.29, 0.717) is 41.2 Å². The van der Waals surface area contributed by atoms with Gasteiger partial charge >= 0.3 is 0 Å². The molecule has 0 unspecified atom stereocenters. The van der Waals surface area contributed by atoms with Gasteiger partial charge in [-0.2, -0.15) is 0 Å². The van der Waals surface area contributed by atoms with Crippen molar-refractivity contribution in [2.45, 2.75) is 5.22 Å². The van der Waals surface area contributed by atoms with E-state index in [1.165, 1.54) is 11.8 Å². The zero-order chi connectivity index (χ0) is 26.3. The molecule has 10 nitrogen and oxygen atoms in total. The Morgan fingerprint density at radius 3 is 2.50 bits per heavy atom. The highest BCUT2D eigenvalue weighted by molar-refractivity contribution is 7.99. The molecule has 0 spiro atoms. The Kier molecular flexibility index (Phi) is 7.84. The first-order chi connectivity index (χ1) is 18.6. The monoisotopic (exact) mass is 530 g/mol. The van der Waals surface area contributed by atoms with Crippen molar-refractivity contribution in [1.29, 1.82) is 0 Å². The summed E-state index contributed by atoms with van der Waals surface area (Å²) >= 11 is 1.18. The number of piperazine rings is 1. The number of carbonyl (C=O) groups excluding carboxylic acids is 2. The molecule has 2 aromatic heterocycles. The Bertz CT molecular complexity index is 1390. The molecule has 194 valence electrons. The molecule has 3 heterocycles. The van der Waals surface area contributed by atoms with Gasteiger partial charge in [-0.25, -0.2) is 0 Å². The number of hydrogen-bond donors (Lipinski definition) is 1. The third kappa shape index (κ3) is 6.12. The molecule has 0 saturated carbocycles. The summed E-state index contributed by atoms with van der Waals surface area (Å²) in [5.41, 5.74) is 3.15. The molecule has 2 aromatic carbocycles. The number of nitrogens with zero attached hydrogens (tertiary/aromatic N) is 5. The third-order valence-electron chi connectivity index (χ3n) is 6.06. The van der Waals surface area contributed by atoms with Crippen LogP contribution < -0.4 is 15.0 Å². The van der Waals surface area contributed by atoms with Gasteiger partial charge in [-0.15, -0.1) is 10.2 Å². The average Bonchev–Trinajstić information content (AvgIpc) is 3.46. The lowest BCUT2D eigenvalue weighted by Gasteiger charge is -2.36. The fourth-order valence-corrected chi connectivity index (χ4v) is 4.63. The van der Waals surface area contributed by atoms with Crippen molar-refractivity contribution in [1.82, 2.24) is 20.1 Å². The minimum absolute atomic E-state index is 0.00796. The molecule has 1 fully saturated rings. The first-order valence-electron chi connectivity index (χ1n) is 12.0. The second-order valence-corrected chi connectivity index (χ2v) is 9.43. The molecule has 38 heavy (non-hydrogen) atoms. The van der Waals surface area contributed by atoms with Crippen LogP contribution in [0.3, 0.4) is 0 Å². The van der Waals surface area contributed by atoms with Gasteiger partial charge in [0.1, 0.15) is 5.75 Å². The SMILES string of the molecule is COc1cccc(C(=O)N2CCN(c3ccc(NC(=O)CSc4nnc(-c5ccncc5)o4)cc3)CC2)c1. The molecule has 11 heteroatoms. The summed E-state index contributed by atoms with van der Waals surface area (Å²) in [5, 5.41) is 11.2. The molecule has 5 rings (SSSR count). The molecule has 1 N–H and O–H groups in total. The van der Waals surface area contributed by atoms with Crippen LogP contribution in [-0.4, -0.2) is 70.9 Å². The van der Waals surface area contributed by atoms with E-state index < -0.39 is 0 Å². The number of methoxy groups -OCH3 is 1. The predicted molar refractivity (Wildman–Crippen MR) is 144 cm³/mol. The largest absolute Gasteiger partial charge is 0.497 e. The van der Waals surface area contributed by atoms with E-state index in [0.717, 1.165) is 24.3 Å². The van der Waals surface area contributed by atoms with Crippen LogP contribution in [-0.2, 0) is 4.79 Å². The normalized spacial score (nSPS) is 13.3. The molecule has 4 aromatic rings. The van der Waals surface area contributed by atoms with Crippen molar-refractivity contribution < 1.29 is 18.7 Å². The van der Waals surface area contributed by atoms with Gasteiger partial charge in [-0.1, -0.05) is 17.8 Å². The Hall–Kier alpha value is -4.38. The molecule has 1 saturated heterocycles. The van der Waals surface area contributed by atoms with Crippen molar-refractivity contribution >= 4 is 35.0 Å². The van der Waals surface area contributed by atoms with E-state index in [2.05, 4.69) is 25.4 Å². The summed E-state index contributed by atoms with van der Waals surface area (Å²) < 4.78 is 10.8. The highest BCUT2D eigenvalue weighted by Gasteiger charge is 2.22. The topological polar surface area (TPSA) is 114 Å². The number of anilines is 2.